The highest BCUT2D eigenvalue weighted by Gasteiger charge is 2.09. The number of nitrogens with one attached hydrogen (secondary N) is 1. The number of nitrogens with two attached hydrogens (primary N) is 1. The van der Waals surface area contributed by atoms with Gasteiger partial charge in [0.25, 0.3) is 5.89 Å². The summed E-state index contributed by atoms with van der Waals surface area (Å²) in [4.78, 5) is 4.11. The normalized spacial score (nSPS) is 10.4. The van der Waals surface area contributed by atoms with Crippen LogP contribution in [0.5, 0.6) is 0 Å². The van der Waals surface area contributed by atoms with Gasteiger partial charge in [-0.25, -0.2) is 4.39 Å². The van der Waals surface area contributed by atoms with E-state index in [0.29, 0.717) is 23.0 Å². The number of hydrogen-bond donors (Lipinski definition) is 2. The Labute approximate surface area is 101 Å². The molecule has 0 atom stereocenters. The minimum atomic E-state index is -0.319. The standard InChI is InChI=1S/C10H9FN4OS/c11-7-3-1-6(2-4-7)9-14-8(15-16-9)5-17-10(12)13/h1-4H,5H2,(H3,12,13). The molecule has 17 heavy (non-hydrogen) atoms. The molecular weight excluding hydrogens is 243 g/mol. The quantitative estimate of drug-likeness (QED) is 0.644. The van der Waals surface area contributed by atoms with E-state index in [2.05, 4.69) is 10.1 Å². The molecule has 0 radical (unpaired) electrons. The van der Waals surface area contributed by atoms with Gasteiger partial charge in [0.1, 0.15) is 5.82 Å². The first-order valence-electron chi connectivity index (χ1n) is 4.70. The minimum absolute atomic E-state index is 0.00173. The summed E-state index contributed by atoms with van der Waals surface area (Å²) in [5.41, 5.74) is 5.84. The summed E-state index contributed by atoms with van der Waals surface area (Å²) in [6.45, 7) is 0. The van der Waals surface area contributed by atoms with E-state index in [1.54, 1.807) is 12.1 Å². The van der Waals surface area contributed by atoms with Crippen LogP contribution in [0.15, 0.2) is 28.8 Å². The maximum atomic E-state index is 12.7. The molecule has 0 bridgehead atoms. The Hall–Kier alpha value is -1.89. The molecule has 1 aromatic carbocycles. The van der Waals surface area contributed by atoms with Gasteiger partial charge in [-0.3, -0.25) is 5.41 Å². The lowest BCUT2D eigenvalue weighted by Crippen LogP contribution is -2.04. The number of thioether (sulfide) groups is 1. The Kier molecular flexibility index (Phi) is 3.38. The van der Waals surface area contributed by atoms with Crippen LogP contribution in [-0.2, 0) is 5.75 Å². The van der Waals surface area contributed by atoms with Crippen molar-refractivity contribution in [3.05, 3.63) is 35.9 Å². The molecule has 0 saturated heterocycles. The predicted molar refractivity (Wildman–Crippen MR) is 62.9 cm³/mol. The van der Waals surface area contributed by atoms with Crippen molar-refractivity contribution in [1.29, 1.82) is 5.41 Å². The lowest BCUT2D eigenvalue weighted by atomic mass is 10.2. The SMILES string of the molecule is N=C(N)SCc1noc(-c2ccc(F)cc2)n1. The van der Waals surface area contributed by atoms with E-state index < -0.39 is 0 Å². The van der Waals surface area contributed by atoms with Crippen LogP contribution >= 0.6 is 11.8 Å². The van der Waals surface area contributed by atoms with Crippen molar-refractivity contribution in [3.63, 3.8) is 0 Å². The van der Waals surface area contributed by atoms with Crippen molar-refractivity contribution in [2.24, 2.45) is 5.73 Å². The summed E-state index contributed by atoms with van der Waals surface area (Å²) < 4.78 is 17.7. The number of aromatic nitrogens is 2. The van der Waals surface area contributed by atoms with Gasteiger partial charge in [-0.15, -0.1) is 0 Å². The zero-order valence-electron chi connectivity index (χ0n) is 8.68. The topological polar surface area (TPSA) is 88.8 Å². The molecule has 0 amide bonds. The Morgan fingerprint density at radius 1 is 1.41 bits per heavy atom. The predicted octanol–water partition coefficient (Wildman–Crippen LogP) is 2.00. The lowest BCUT2D eigenvalue weighted by Gasteiger charge is -1.93. The molecule has 0 aliphatic heterocycles. The Morgan fingerprint density at radius 2 is 2.12 bits per heavy atom. The average Bonchev–Trinajstić information content (AvgIpc) is 2.76. The zero-order valence-corrected chi connectivity index (χ0v) is 9.50. The monoisotopic (exact) mass is 252 g/mol. The third-order valence-corrected chi connectivity index (χ3v) is 2.63. The smallest absolute Gasteiger partial charge is 0.257 e. The maximum absolute atomic E-state index is 12.7. The summed E-state index contributed by atoms with van der Waals surface area (Å²) in [7, 11) is 0. The third-order valence-electron chi connectivity index (χ3n) is 1.92. The fraction of sp³-hybridized carbons (Fsp3) is 0.100. The second kappa shape index (κ2) is 4.96. The van der Waals surface area contributed by atoms with Crippen LogP contribution < -0.4 is 5.73 Å². The minimum Gasteiger partial charge on any atom is -0.379 e. The van der Waals surface area contributed by atoms with Crippen molar-refractivity contribution in [3.8, 4) is 11.5 Å². The van der Waals surface area contributed by atoms with E-state index in [1.165, 1.54) is 12.1 Å². The molecule has 0 aliphatic rings. The van der Waals surface area contributed by atoms with E-state index in [9.17, 15) is 4.39 Å². The molecule has 1 heterocycles. The average molecular weight is 252 g/mol. The van der Waals surface area contributed by atoms with Gasteiger partial charge in [-0.1, -0.05) is 16.9 Å². The van der Waals surface area contributed by atoms with Gasteiger partial charge in [-0.2, -0.15) is 4.98 Å². The van der Waals surface area contributed by atoms with Crippen molar-refractivity contribution in [2.45, 2.75) is 5.75 Å². The number of benzene rings is 1. The van der Waals surface area contributed by atoms with Crippen molar-refractivity contribution in [2.75, 3.05) is 0 Å². The van der Waals surface area contributed by atoms with Crippen LogP contribution in [0, 0.1) is 11.2 Å². The molecule has 0 saturated carbocycles. The molecule has 88 valence electrons. The Bertz CT molecular complexity index is 525. The van der Waals surface area contributed by atoms with Gasteiger partial charge in [0.05, 0.1) is 5.75 Å². The fourth-order valence-electron chi connectivity index (χ4n) is 1.16. The molecule has 0 spiro atoms. The Balaban J connectivity index is 2.12. The third kappa shape index (κ3) is 3.04. The largest absolute Gasteiger partial charge is 0.379 e. The summed E-state index contributed by atoms with van der Waals surface area (Å²) in [6, 6.07) is 5.77. The second-order valence-electron chi connectivity index (χ2n) is 3.18. The molecule has 2 rings (SSSR count). The molecule has 3 N–H and O–H groups in total. The molecule has 5 nitrogen and oxygen atoms in total. The van der Waals surface area contributed by atoms with E-state index >= 15 is 0 Å². The van der Waals surface area contributed by atoms with Crippen LogP contribution in [-0.4, -0.2) is 15.3 Å². The molecular formula is C10H9FN4OS. The van der Waals surface area contributed by atoms with Gasteiger partial charge in [0.15, 0.2) is 11.0 Å². The van der Waals surface area contributed by atoms with E-state index in [0.717, 1.165) is 11.8 Å². The summed E-state index contributed by atoms with van der Waals surface area (Å²) in [5.74, 6) is 0.828. The van der Waals surface area contributed by atoms with Gasteiger partial charge in [0, 0.05) is 5.56 Å². The number of hydrogen-bond acceptors (Lipinski definition) is 5. The van der Waals surface area contributed by atoms with Gasteiger partial charge in [0.2, 0.25) is 0 Å². The van der Waals surface area contributed by atoms with Crippen molar-refractivity contribution in [1.82, 2.24) is 10.1 Å². The van der Waals surface area contributed by atoms with Crippen LogP contribution in [0.25, 0.3) is 11.5 Å². The summed E-state index contributed by atoms with van der Waals surface area (Å²) in [5, 5.41) is 10.8. The highest BCUT2D eigenvalue weighted by atomic mass is 32.2. The highest BCUT2D eigenvalue weighted by Crippen LogP contribution is 2.18. The molecule has 0 unspecified atom stereocenters. The number of halogens is 1. The van der Waals surface area contributed by atoms with Crippen LogP contribution in [0.3, 0.4) is 0 Å². The number of rotatable bonds is 3. The molecule has 0 aliphatic carbocycles. The van der Waals surface area contributed by atoms with Crippen LogP contribution in [0.2, 0.25) is 0 Å². The summed E-state index contributed by atoms with van der Waals surface area (Å²) >= 11 is 1.11. The number of nitrogens with zero attached hydrogens (tertiary/aromatic N) is 2. The van der Waals surface area contributed by atoms with Crippen LogP contribution in [0.1, 0.15) is 5.82 Å². The van der Waals surface area contributed by atoms with E-state index in [1.807, 2.05) is 0 Å². The fourth-order valence-corrected chi connectivity index (χ4v) is 1.57. The number of amidine groups is 1. The first kappa shape index (κ1) is 11.6. The molecule has 7 heteroatoms. The van der Waals surface area contributed by atoms with Crippen molar-refractivity contribution < 1.29 is 8.91 Å². The molecule has 2 aromatic rings. The first-order chi connectivity index (χ1) is 8.15. The Morgan fingerprint density at radius 3 is 2.76 bits per heavy atom. The highest BCUT2D eigenvalue weighted by molar-refractivity contribution is 8.12. The molecule has 0 fully saturated rings. The lowest BCUT2D eigenvalue weighted by molar-refractivity contribution is 0.425. The van der Waals surface area contributed by atoms with Gasteiger partial charge < -0.3 is 10.3 Å². The summed E-state index contributed by atoms with van der Waals surface area (Å²) in [6.07, 6.45) is 0. The maximum Gasteiger partial charge on any atom is 0.257 e. The van der Waals surface area contributed by atoms with E-state index in [-0.39, 0.29) is 11.0 Å². The van der Waals surface area contributed by atoms with Gasteiger partial charge >= 0.3 is 0 Å². The molecule has 1 aromatic heterocycles. The van der Waals surface area contributed by atoms with E-state index in [4.69, 9.17) is 15.7 Å². The van der Waals surface area contributed by atoms with Crippen molar-refractivity contribution >= 4 is 16.9 Å². The van der Waals surface area contributed by atoms with Gasteiger partial charge in [-0.05, 0) is 24.3 Å². The zero-order chi connectivity index (χ0) is 12.3. The second-order valence-corrected chi connectivity index (χ2v) is 4.19. The van der Waals surface area contributed by atoms with Crippen LogP contribution in [0.4, 0.5) is 4.39 Å². The first-order valence-corrected chi connectivity index (χ1v) is 5.69.